The standard InChI is InChI=1S/C22H24N2O4/c1-13-10-17-16-11-15(12-23)18(22(27-3,28-4)19(16)25)21(17,2)24(13)20(26)14-8-6-5-7-9-14/h5-10,15-18H,11H2,1-4H3/t15?,16-,17+,18+,21+/m0/s1. The number of carbonyl (C=O) groups excluding carboxylic acids is 2. The number of rotatable bonds is 3. The topological polar surface area (TPSA) is 79.6 Å². The van der Waals surface area contributed by atoms with Crippen molar-refractivity contribution in [3.63, 3.8) is 0 Å². The average Bonchev–Trinajstić information content (AvgIpc) is 3.00. The predicted octanol–water partition coefficient (Wildman–Crippen LogP) is 2.77. The van der Waals surface area contributed by atoms with Gasteiger partial charge in [-0.2, -0.15) is 5.26 Å². The highest BCUT2D eigenvalue weighted by Gasteiger charge is 2.74. The average molecular weight is 380 g/mol. The zero-order chi connectivity index (χ0) is 20.3. The van der Waals surface area contributed by atoms with Crippen molar-refractivity contribution in [3.05, 3.63) is 47.7 Å². The molecule has 1 amide bonds. The van der Waals surface area contributed by atoms with Gasteiger partial charge in [0.2, 0.25) is 5.79 Å². The number of nitrogens with zero attached hydrogens (tertiary/aromatic N) is 2. The number of benzene rings is 1. The number of methoxy groups -OCH3 is 2. The molecule has 3 aliphatic carbocycles. The molecule has 1 aliphatic heterocycles. The van der Waals surface area contributed by atoms with Crippen molar-refractivity contribution in [1.82, 2.24) is 4.90 Å². The summed E-state index contributed by atoms with van der Waals surface area (Å²) >= 11 is 0. The van der Waals surface area contributed by atoms with E-state index >= 15 is 0 Å². The van der Waals surface area contributed by atoms with E-state index in [-0.39, 0.29) is 17.6 Å². The van der Waals surface area contributed by atoms with E-state index < -0.39 is 29.1 Å². The first kappa shape index (κ1) is 18.9. The van der Waals surface area contributed by atoms with Crippen LogP contribution >= 0.6 is 0 Å². The molecule has 146 valence electrons. The summed E-state index contributed by atoms with van der Waals surface area (Å²) in [6.07, 6.45) is 2.48. The van der Waals surface area contributed by atoms with E-state index in [1.54, 1.807) is 17.0 Å². The third kappa shape index (κ3) is 2.09. The lowest BCUT2D eigenvalue weighted by Crippen LogP contribution is -2.75. The minimum absolute atomic E-state index is 0.130. The van der Waals surface area contributed by atoms with E-state index in [2.05, 4.69) is 6.07 Å². The molecule has 6 nitrogen and oxygen atoms in total. The molecule has 0 saturated heterocycles. The van der Waals surface area contributed by atoms with Crippen LogP contribution in [0.1, 0.15) is 30.6 Å². The van der Waals surface area contributed by atoms with Crippen LogP contribution in [0.3, 0.4) is 0 Å². The molecule has 3 saturated carbocycles. The highest BCUT2D eigenvalue weighted by molar-refractivity contribution is 5.98. The van der Waals surface area contributed by atoms with Crippen LogP contribution < -0.4 is 0 Å². The Morgan fingerprint density at radius 1 is 1.25 bits per heavy atom. The lowest BCUT2D eigenvalue weighted by atomic mass is 9.49. The number of ether oxygens (including phenoxy) is 2. The molecule has 0 spiro atoms. The number of hydrogen-bond acceptors (Lipinski definition) is 5. The summed E-state index contributed by atoms with van der Waals surface area (Å²) in [6, 6.07) is 11.4. The Hall–Kier alpha value is -2.49. The largest absolute Gasteiger partial charge is 0.347 e. The zero-order valence-corrected chi connectivity index (χ0v) is 16.5. The second-order valence-electron chi connectivity index (χ2n) is 8.06. The molecule has 4 aliphatic rings. The van der Waals surface area contributed by atoms with Crippen LogP contribution in [-0.4, -0.2) is 42.1 Å². The molecule has 0 N–H and O–H groups in total. The number of Topliss-reactive ketones (excluding diaryl/α,β-unsaturated/α-hetero) is 1. The van der Waals surface area contributed by atoms with Gasteiger partial charge in [-0.25, -0.2) is 0 Å². The van der Waals surface area contributed by atoms with Gasteiger partial charge in [0, 0.05) is 37.3 Å². The first-order valence-electron chi connectivity index (χ1n) is 9.49. The van der Waals surface area contributed by atoms with Gasteiger partial charge < -0.3 is 14.4 Å². The van der Waals surface area contributed by atoms with Gasteiger partial charge in [-0.15, -0.1) is 0 Å². The number of allylic oxidation sites excluding steroid dienone is 1. The highest BCUT2D eigenvalue weighted by atomic mass is 16.7. The molecule has 0 radical (unpaired) electrons. The fourth-order valence-corrected chi connectivity index (χ4v) is 5.95. The summed E-state index contributed by atoms with van der Waals surface area (Å²) in [5, 5.41) is 9.87. The molecule has 5 atom stereocenters. The number of hydrogen-bond donors (Lipinski definition) is 0. The molecular formula is C22H24N2O4. The van der Waals surface area contributed by atoms with E-state index in [0.29, 0.717) is 12.0 Å². The maximum Gasteiger partial charge on any atom is 0.258 e. The van der Waals surface area contributed by atoms with Crippen LogP contribution in [0, 0.1) is 35.0 Å². The van der Waals surface area contributed by atoms with Crippen LogP contribution in [0.5, 0.6) is 0 Å². The fourth-order valence-electron chi connectivity index (χ4n) is 5.95. The fraction of sp³-hybridized carbons (Fsp3) is 0.500. The quantitative estimate of drug-likeness (QED) is 0.754. The Morgan fingerprint density at radius 3 is 2.46 bits per heavy atom. The monoisotopic (exact) mass is 380 g/mol. The Balaban J connectivity index is 1.90. The predicted molar refractivity (Wildman–Crippen MR) is 101 cm³/mol. The summed E-state index contributed by atoms with van der Waals surface area (Å²) in [6.45, 7) is 3.85. The van der Waals surface area contributed by atoms with E-state index in [9.17, 15) is 14.9 Å². The van der Waals surface area contributed by atoms with Crippen LogP contribution in [0.4, 0.5) is 0 Å². The molecule has 0 aromatic heterocycles. The number of amides is 1. The maximum atomic E-state index is 13.5. The van der Waals surface area contributed by atoms with Crippen LogP contribution in [0.25, 0.3) is 0 Å². The minimum Gasteiger partial charge on any atom is -0.347 e. The van der Waals surface area contributed by atoms with Crippen molar-refractivity contribution < 1.29 is 19.1 Å². The number of nitriles is 1. The highest BCUT2D eigenvalue weighted by Crippen LogP contribution is 2.63. The van der Waals surface area contributed by atoms with Gasteiger partial charge in [0.1, 0.15) is 0 Å². The van der Waals surface area contributed by atoms with Gasteiger partial charge >= 0.3 is 0 Å². The lowest BCUT2D eigenvalue weighted by Gasteiger charge is -2.62. The van der Waals surface area contributed by atoms with Crippen molar-refractivity contribution in [2.45, 2.75) is 31.6 Å². The number of ketones is 1. The van der Waals surface area contributed by atoms with Gasteiger partial charge in [0.15, 0.2) is 5.78 Å². The van der Waals surface area contributed by atoms with Crippen LogP contribution in [-0.2, 0) is 14.3 Å². The van der Waals surface area contributed by atoms with Crippen LogP contribution in [0.2, 0.25) is 0 Å². The number of fused-ring (bicyclic) bond motifs is 2. The van der Waals surface area contributed by atoms with E-state index in [0.717, 1.165) is 5.70 Å². The van der Waals surface area contributed by atoms with Crippen molar-refractivity contribution in [2.75, 3.05) is 14.2 Å². The summed E-state index contributed by atoms with van der Waals surface area (Å²) in [4.78, 5) is 28.5. The summed E-state index contributed by atoms with van der Waals surface area (Å²) in [5.74, 6) is -3.43. The first-order valence-corrected chi connectivity index (χ1v) is 9.49. The molecule has 28 heavy (non-hydrogen) atoms. The molecule has 6 heteroatoms. The van der Waals surface area contributed by atoms with E-state index in [1.807, 2.05) is 38.1 Å². The molecule has 3 fully saturated rings. The third-order valence-corrected chi connectivity index (χ3v) is 6.99. The Morgan fingerprint density at radius 2 is 1.89 bits per heavy atom. The van der Waals surface area contributed by atoms with Gasteiger partial charge in [-0.1, -0.05) is 24.3 Å². The minimum atomic E-state index is -1.53. The Kier molecular flexibility index (Phi) is 4.22. The van der Waals surface area contributed by atoms with E-state index in [4.69, 9.17) is 9.47 Å². The van der Waals surface area contributed by atoms with Crippen molar-refractivity contribution in [1.29, 1.82) is 5.26 Å². The second-order valence-corrected chi connectivity index (χ2v) is 8.06. The molecule has 5 rings (SSSR count). The molecular weight excluding hydrogens is 356 g/mol. The molecule has 1 heterocycles. The van der Waals surface area contributed by atoms with Gasteiger partial charge in [-0.05, 0) is 32.4 Å². The van der Waals surface area contributed by atoms with E-state index in [1.165, 1.54) is 14.2 Å². The summed E-state index contributed by atoms with van der Waals surface area (Å²) < 4.78 is 11.3. The molecule has 1 aromatic carbocycles. The second kappa shape index (κ2) is 6.26. The molecule has 1 unspecified atom stereocenters. The third-order valence-electron chi connectivity index (χ3n) is 6.99. The summed E-state index contributed by atoms with van der Waals surface area (Å²) in [7, 11) is 2.88. The number of carbonyl (C=O) groups is 2. The van der Waals surface area contributed by atoms with Crippen molar-refractivity contribution in [2.24, 2.45) is 23.7 Å². The lowest BCUT2D eigenvalue weighted by molar-refractivity contribution is -0.284. The molecule has 2 bridgehead atoms. The van der Waals surface area contributed by atoms with Gasteiger partial charge in [0.25, 0.3) is 5.91 Å². The zero-order valence-electron chi connectivity index (χ0n) is 16.5. The first-order chi connectivity index (χ1) is 13.4. The maximum absolute atomic E-state index is 13.5. The Bertz CT molecular complexity index is 899. The Labute approximate surface area is 164 Å². The van der Waals surface area contributed by atoms with Gasteiger partial charge in [-0.3, -0.25) is 9.59 Å². The van der Waals surface area contributed by atoms with Crippen molar-refractivity contribution >= 4 is 11.7 Å². The smallest absolute Gasteiger partial charge is 0.258 e. The molecule has 1 aromatic rings. The van der Waals surface area contributed by atoms with Crippen molar-refractivity contribution in [3.8, 4) is 6.07 Å². The summed E-state index contributed by atoms with van der Waals surface area (Å²) in [5.41, 5.74) is 0.574. The normalized spacial score (nSPS) is 35.3. The van der Waals surface area contributed by atoms with Gasteiger partial charge in [0.05, 0.1) is 23.4 Å². The SMILES string of the molecule is COC1(OC)C(=O)[C@H]2CC(C#N)[C@@H]1[C@@]1(C)[C@@H]2C=C(C)N1C(=O)c1ccccc1. The van der Waals surface area contributed by atoms with Crippen LogP contribution in [0.15, 0.2) is 42.1 Å².